The molecule has 0 saturated carbocycles. The molecule has 8 heteroatoms. The van der Waals surface area contributed by atoms with Crippen LogP contribution in [-0.4, -0.2) is 28.0 Å². The number of nitro groups is 1. The fraction of sp³-hybridized carbons (Fsp3) is 0.217. The topological polar surface area (TPSA) is 103 Å². The summed E-state index contributed by atoms with van der Waals surface area (Å²) in [6.45, 7) is 6.78. The molecule has 0 unspecified atom stereocenters. The molecule has 0 atom stereocenters. The molecule has 31 heavy (non-hydrogen) atoms. The molecule has 2 aromatic carbocycles. The first-order valence-corrected chi connectivity index (χ1v) is 9.66. The summed E-state index contributed by atoms with van der Waals surface area (Å²) in [5, 5.41) is 13.7. The normalized spacial score (nSPS) is 10.6. The first-order chi connectivity index (χ1) is 14.7. The summed E-state index contributed by atoms with van der Waals surface area (Å²) in [6.07, 6.45) is 0. The molecule has 0 aliphatic rings. The van der Waals surface area contributed by atoms with Gasteiger partial charge in [-0.05, 0) is 51.0 Å². The van der Waals surface area contributed by atoms with E-state index in [2.05, 4.69) is 5.32 Å². The summed E-state index contributed by atoms with van der Waals surface area (Å²) in [5.74, 6) is -1.29. The van der Waals surface area contributed by atoms with E-state index in [4.69, 9.17) is 4.74 Å². The number of anilines is 1. The van der Waals surface area contributed by atoms with Crippen molar-refractivity contribution in [3.8, 4) is 5.69 Å². The summed E-state index contributed by atoms with van der Waals surface area (Å²) in [6, 6.07) is 14.0. The zero-order valence-corrected chi connectivity index (χ0v) is 17.8. The van der Waals surface area contributed by atoms with Gasteiger partial charge in [-0.15, -0.1) is 0 Å². The quantitative estimate of drug-likeness (QED) is 0.361. The van der Waals surface area contributed by atoms with E-state index in [9.17, 15) is 19.7 Å². The van der Waals surface area contributed by atoms with Gasteiger partial charge in [0.1, 0.15) is 5.69 Å². The van der Waals surface area contributed by atoms with Crippen molar-refractivity contribution in [3.05, 3.63) is 86.7 Å². The molecule has 1 N–H and O–H groups in total. The lowest BCUT2D eigenvalue weighted by molar-refractivity contribution is -0.384. The molecular weight excluding hydrogens is 398 g/mol. The lowest BCUT2D eigenvalue weighted by atomic mass is 10.1. The number of esters is 1. The van der Waals surface area contributed by atoms with Crippen molar-refractivity contribution in [2.45, 2.75) is 27.7 Å². The predicted molar refractivity (Wildman–Crippen MR) is 117 cm³/mol. The van der Waals surface area contributed by atoms with Crippen LogP contribution >= 0.6 is 0 Å². The molecule has 0 radical (unpaired) electrons. The smallest absolute Gasteiger partial charge is 0.340 e. The predicted octanol–water partition coefficient (Wildman–Crippen LogP) is 4.41. The molecule has 0 bridgehead atoms. The Balaban J connectivity index is 1.74. The Morgan fingerprint density at radius 2 is 1.71 bits per heavy atom. The minimum Gasteiger partial charge on any atom is -0.452 e. The number of carbonyl (C=O) groups excluding carboxylic acids is 2. The van der Waals surface area contributed by atoms with Crippen molar-refractivity contribution in [2.75, 3.05) is 11.9 Å². The number of nitrogens with one attached hydrogen (secondary N) is 1. The van der Waals surface area contributed by atoms with Crippen LogP contribution in [0.2, 0.25) is 0 Å². The molecule has 0 saturated heterocycles. The van der Waals surface area contributed by atoms with Crippen molar-refractivity contribution >= 4 is 23.3 Å². The number of benzene rings is 2. The van der Waals surface area contributed by atoms with E-state index in [1.54, 1.807) is 19.1 Å². The van der Waals surface area contributed by atoms with Crippen molar-refractivity contribution in [1.29, 1.82) is 0 Å². The van der Waals surface area contributed by atoms with Crippen LogP contribution in [-0.2, 0) is 9.53 Å². The second kappa shape index (κ2) is 8.83. The first kappa shape index (κ1) is 21.8. The highest BCUT2D eigenvalue weighted by Crippen LogP contribution is 2.27. The van der Waals surface area contributed by atoms with E-state index in [1.165, 1.54) is 12.1 Å². The monoisotopic (exact) mass is 421 g/mol. The Hall–Kier alpha value is -3.94. The largest absolute Gasteiger partial charge is 0.452 e. The fourth-order valence-corrected chi connectivity index (χ4v) is 3.51. The number of rotatable bonds is 6. The van der Waals surface area contributed by atoms with Crippen LogP contribution in [0.5, 0.6) is 0 Å². The summed E-state index contributed by atoms with van der Waals surface area (Å²) in [4.78, 5) is 35.5. The molecular formula is C23H23N3O5. The number of nitro benzene ring substituents is 1. The molecule has 0 spiro atoms. The number of amides is 1. The average molecular weight is 421 g/mol. The Kier molecular flexibility index (Phi) is 6.20. The summed E-state index contributed by atoms with van der Waals surface area (Å²) >= 11 is 0. The van der Waals surface area contributed by atoms with Crippen LogP contribution in [0, 0.1) is 37.8 Å². The second-order valence-electron chi connectivity index (χ2n) is 7.26. The number of hydrogen-bond acceptors (Lipinski definition) is 5. The van der Waals surface area contributed by atoms with Gasteiger partial charge in [-0.1, -0.05) is 30.3 Å². The lowest BCUT2D eigenvalue weighted by Gasteiger charge is -2.12. The van der Waals surface area contributed by atoms with Gasteiger partial charge in [-0.2, -0.15) is 0 Å². The summed E-state index contributed by atoms with van der Waals surface area (Å²) in [7, 11) is 0. The van der Waals surface area contributed by atoms with E-state index in [0.29, 0.717) is 16.8 Å². The van der Waals surface area contributed by atoms with Crippen LogP contribution in [0.25, 0.3) is 5.69 Å². The standard InChI is InChI=1S/C23H23N3O5/c1-14-8-5-6-10-19(14)25-16(3)12-18(17(25)4)23(28)31-13-21(27)24-22-15(2)9-7-11-20(22)26(29)30/h5-12H,13H2,1-4H3,(H,24,27). The Bertz CT molecular complexity index is 1180. The number of para-hydroxylation sites is 2. The minimum absolute atomic E-state index is 0.0891. The highest BCUT2D eigenvalue weighted by Gasteiger charge is 2.21. The number of carbonyl (C=O) groups is 2. The molecule has 8 nitrogen and oxygen atoms in total. The van der Waals surface area contributed by atoms with Crippen molar-refractivity contribution in [3.63, 3.8) is 0 Å². The first-order valence-electron chi connectivity index (χ1n) is 9.66. The number of aryl methyl sites for hydroxylation is 3. The number of aromatic nitrogens is 1. The molecule has 160 valence electrons. The Morgan fingerprint density at radius 1 is 1.03 bits per heavy atom. The summed E-state index contributed by atoms with van der Waals surface area (Å²) < 4.78 is 7.14. The molecule has 1 amide bonds. The third kappa shape index (κ3) is 4.48. The van der Waals surface area contributed by atoms with Gasteiger partial charge < -0.3 is 14.6 Å². The van der Waals surface area contributed by atoms with Crippen LogP contribution < -0.4 is 5.32 Å². The van der Waals surface area contributed by atoms with E-state index in [0.717, 1.165) is 16.9 Å². The lowest BCUT2D eigenvalue weighted by Crippen LogP contribution is -2.22. The highest BCUT2D eigenvalue weighted by molar-refractivity contribution is 5.98. The van der Waals surface area contributed by atoms with E-state index >= 15 is 0 Å². The van der Waals surface area contributed by atoms with Gasteiger partial charge in [0.05, 0.1) is 10.5 Å². The van der Waals surface area contributed by atoms with Gasteiger partial charge in [0.25, 0.3) is 11.6 Å². The van der Waals surface area contributed by atoms with Crippen LogP contribution in [0.4, 0.5) is 11.4 Å². The maximum atomic E-state index is 12.6. The van der Waals surface area contributed by atoms with Crippen molar-refractivity contribution < 1.29 is 19.2 Å². The zero-order chi connectivity index (χ0) is 22.7. The maximum absolute atomic E-state index is 12.6. The van der Waals surface area contributed by atoms with Crippen LogP contribution in [0.1, 0.15) is 32.9 Å². The number of hydrogen-bond donors (Lipinski definition) is 1. The molecule has 3 aromatic rings. The Morgan fingerprint density at radius 3 is 2.39 bits per heavy atom. The van der Waals surface area contributed by atoms with Gasteiger partial charge in [-0.3, -0.25) is 14.9 Å². The van der Waals surface area contributed by atoms with Crippen LogP contribution in [0.15, 0.2) is 48.5 Å². The highest BCUT2D eigenvalue weighted by atomic mass is 16.6. The van der Waals surface area contributed by atoms with Gasteiger partial charge in [0.15, 0.2) is 6.61 Å². The molecule has 0 aliphatic carbocycles. The average Bonchev–Trinajstić information content (AvgIpc) is 3.02. The molecule has 0 aliphatic heterocycles. The molecule has 1 heterocycles. The SMILES string of the molecule is Cc1ccccc1-n1c(C)cc(C(=O)OCC(=O)Nc2c(C)cccc2[N+](=O)[O-])c1C. The van der Waals surface area contributed by atoms with E-state index < -0.39 is 23.4 Å². The number of nitrogens with zero attached hydrogens (tertiary/aromatic N) is 2. The van der Waals surface area contributed by atoms with Crippen molar-refractivity contribution in [2.24, 2.45) is 0 Å². The maximum Gasteiger partial charge on any atom is 0.340 e. The van der Waals surface area contributed by atoms with Gasteiger partial charge >= 0.3 is 5.97 Å². The van der Waals surface area contributed by atoms with Crippen molar-refractivity contribution in [1.82, 2.24) is 4.57 Å². The van der Waals surface area contributed by atoms with Crippen LogP contribution in [0.3, 0.4) is 0 Å². The number of ether oxygens (including phenoxy) is 1. The zero-order valence-electron chi connectivity index (χ0n) is 17.8. The molecule has 0 fully saturated rings. The molecule has 1 aromatic heterocycles. The third-order valence-corrected chi connectivity index (χ3v) is 5.05. The van der Waals surface area contributed by atoms with Gasteiger partial charge in [0, 0.05) is 23.1 Å². The van der Waals surface area contributed by atoms with Gasteiger partial charge in [-0.25, -0.2) is 4.79 Å². The molecule has 3 rings (SSSR count). The van der Waals surface area contributed by atoms with E-state index in [1.807, 2.05) is 49.6 Å². The summed E-state index contributed by atoms with van der Waals surface area (Å²) in [5.41, 5.74) is 4.34. The fourth-order valence-electron chi connectivity index (χ4n) is 3.51. The minimum atomic E-state index is -0.654. The van der Waals surface area contributed by atoms with E-state index in [-0.39, 0.29) is 11.4 Å². The second-order valence-corrected chi connectivity index (χ2v) is 7.26. The Labute approximate surface area is 179 Å². The van der Waals surface area contributed by atoms with Gasteiger partial charge in [0.2, 0.25) is 0 Å². The third-order valence-electron chi connectivity index (χ3n) is 5.05.